The predicted octanol–water partition coefficient (Wildman–Crippen LogP) is 4.64. The third-order valence-corrected chi connectivity index (χ3v) is 6.26. The van der Waals surface area contributed by atoms with Gasteiger partial charge in [-0.2, -0.15) is 0 Å². The van der Waals surface area contributed by atoms with Crippen LogP contribution in [0.2, 0.25) is 0 Å². The van der Waals surface area contributed by atoms with Crippen LogP contribution in [0.25, 0.3) is 16.7 Å². The van der Waals surface area contributed by atoms with Crippen molar-refractivity contribution < 1.29 is 19.1 Å². The lowest BCUT2D eigenvalue weighted by Crippen LogP contribution is -2.30. The number of hydrogen-bond acceptors (Lipinski definition) is 6. The SMILES string of the molecule is CCCc1ccc(-c2ccc(/C=C3/SC(=S)N(CCC(=O)O)C3=O)o2)s1. The Kier molecular flexibility index (Phi) is 5.95. The maximum absolute atomic E-state index is 12.4. The van der Waals surface area contributed by atoms with Crippen molar-refractivity contribution in [1.29, 1.82) is 0 Å². The fraction of sp³-hybridized carbons (Fsp3) is 0.278. The molecule has 1 saturated heterocycles. The number of carbonyl (C=O) groups excluding carboxylic acids is 1. The smallest absolute Gasteiger partial charge is 0.305 e. The number of hydrogen-bond donors (Lipinski definition) is 1. The van der Waals surface area contributed by atoms with E-state index in [1.807, 2.05) is 18.2 Å². The maximum atomic E-state index is 12.4. The molecule has 0 bridgehead atoms. The van der Waals surface area contributed by atoms with E-state index in [0.717, 1.165) is 35.2 Å². The van der Waals surface area contributed by atoms with Crippen LogP contribution in [0, 0.1) is 0 Å². The van der Waals surface area contributed by atoms with Crippen LogP contribution < -0.4 is 0 Å². The number of carboxylic acids is 1. The highest BCUT2D eigenvalue weighted by Crippen LogP contribution is 2.35. The summed E-state index contributed by atoms with van der Waals surface area (Å²) >= 11 is 8.05. The number of thioether (sulfide) groups is 1. The van der Waals surface area contributed by atoms with E-state index in [1.165, 1.54) is 9.78 Å². The van der Waals surface area contributed by atoms with Crippen LogP contribution in [0.4, 0.5) is 0 Å². The Hall–Kier alpha value is -1.90. The van der Waals surface area contributed by atoms with Crippen molar-refractivity contribution in [3.63, 3.8) is 0 Å². The van der Waals surface area contributed by atoms with Gasteiger partial charge in [-0.25, -0.2) is 0 Å². The fourth-order valence-corrected chi connectivity index (χ4v) is 4.84. The summed E-state index contributed by atoms with van der Waals surface area (Å²) in [5.74, 6) is 0.104. The third kappa shape index (κ3) is 4.25. The first-order chi connectivity index (χ1) is 12.5. The lowest BCUT2D eigenvalue weighted by molar-refractivity contribution is -0.137. The number of amides is 1. The van der Waals surface area contributed by atoms with E-state index in [4.69, 9.17) is 21.7 Å². The molecular formula is C18H17NO4S3. The van der Waals surface area contributed by atoms with Gasteiger partial charge < -0.3 is 9.52 Å². The summed E-state index contributed by atoms with van der Waals surface area (Å²) < 4.78 is 6.22. The standard InChI is InChI=1S/C18H17NO4S3/c1-2-3-12-5-7-14(25-12)13-6-4-11(23-13)10-15-17(22)19(18(24)26-15)9-8-16(20)21/h4-7,10H,2-3,8-9H2,1H3,(H,20,21)/b15-10+. The Balaban J connectivity index is 1.74. The largest absolute Gasteiger partial charge is 0.481 e. The van der Waals surface area contributed by atoms with Crippen LogP contribution in [-0.2, 0) is 16.0 Å². The molecule has 0 aromatic carbocycles. The van der Waals surface area contributed by atoms with E-state index < -0.39 is 5.97 Å². The second-order valence-corrected chi connectivity index (χ2v) is 8.54. The molecule has 0 saturated carbocycles. The Morgan fingerprint density at radius 1 is 1.35 bits per heavy atom. The zero-order chi connectivity index (χ0) is 18.7. The molecule has 3 heterocycles. The zero-order valence-electron chi connectivity index (χ0n) is 14.1. The number of rotatable bonds is 7. The Labute approximate surface area is 164 Å². The van der Waals surface area contributed by atoms with Crippen LogP contribution in [0.15, 0.2) is 33.6 Å². The number of thiocarbonyl (C=S) groups is 1. The van der Waals surface area contributed by atoms with Crippen LogP contribution in [-0.4, -0.2) is 32.7 Å². The van der Waals surface area contributed by atoms with Gasteiger partial charge in [-0.3, -0.25) is 14.5 Å². The number of aliphatic carboxylic acids is 1. The minimum Gasteiger partial charge on any atom is -0.481 e. The zero-order valence-corrected chi connectivity index (χ0v) is 16.5. The Morgan fingerprint density at radius 3 is 2.88 bits per heavy atom. The summed E-state index contributed by atoms with van der Waals surface area (Å²) in [4.78, 5) is 27.2. The highest BCUT2D eigenvalue weighted by atomic mass is 32.2. The van der Waals surface area contributed by atoms with Crippen molar-refractivity contribution in [3.8, 4) is 10.6 Å². The summed E-state index contributed by atoms with van der Waals surface area (Å²) in [6, 6.07) is 7.86. The van der Waals surface area contributed by atoms with Gasteiger partial charge in [0.15, 0.2) is 0 Å². The minimum atomic E-state index is -0.961. The van der Waals surface area contributed by atoms with Crippen molar-refractivity contribution in [2.75, 3.05) is 6.54 Å². The number of thiophene rings is 1. The second kappa shape index (κ2) is 8.20. The molecule has 0 radical (unpaired) electrons. The van der Waals surface area contributed by atoms with Crippen LogP contribution in [0.3, 0.4) is 0 Å². The molecule has 5 nitrogen and oxygen atoms in total. The lowest BCUT2D eigenvalue weighted by Gasteiger charge is -2.12. The molecule has 0 aliphatic carbocycles. The van der Waals surface area contributed by atoms with E-state index in [1.54, 1.807) is 17.4 Å². The Bertz CT molecular complexity index is 881. The van der Waals surface area contributed by atoms with E-state index in [9.17, 15) is 9.59 Å². The predicted molar refractivity (Wildman–Crippen MR) is 108 cm³/mol. The summed E-state index contributed by atoms with van der Waals surface area (Å²) in [6.07, 6.45) is 3.68. The van der Waals surface area contributed by atoms with Gasteiger partial charge in [0, 0.05) is 17.5 Å². The van der Waals surface area contributed by atoms with Crippen molar-refractivity contribution in [2.45, 2.75) is 26.2 Å². The minimum absolute atomic E-state index is 0.0795. The molecule has 1 fully saturated rings. The molecule has 0 atom stereocenters. The number of furan rings is 1. The van der Waals surface area contributed by atoms with Crippen molar-refractivity contribution >= 4 is 57.6 Å². The van der Waals surface area contributed by atoms with Gasteiger partial charge >= 0.3 is 5.97 Å². The lowest BCUT2D eigenvalue weighted by atomic mass is 10.3. The molecule has 0 unspecified atom stereocenters. The van der Waals surface area contributed by atoms with E-state index in [-0.39, 0.29) is 18.9 Å². The molecule has 1 N–H and O–H groups in total. The Morgan fingerprint density at radius 2 is 2.15 bits per heavy atom. The highest BCUT2D eigenvalue weighted by Gasteiger charge is 2.32. The van der Waals surface area contributed by atoms with Gasteiger partial charge in [-0.1, -0.05) is 37.3 Å². The topological polar surface area (TPSA) is 70.8 Å². The average molecular weight is 408 g/mol. The third-order valence-electron chi connectivity index (χ3n) is 3.72. The quantitative estimate of drug-likeness (QED) is 0.533. The molecule has 0 spiro atoms. The summed E-state index contributed by atoms with van der Waals surface area (Å²) in [5.41, 5.74) is 0. The fourth-order valence-electron chi connectivity index (χ4n) is 2.48. The molecule has 8 heteroatoms. The van der Waals surface area contributed by atoms with Gasteiger partial charge in [0.05, 0.1) is 16.2 Å². The molecule has 3 rings (SSSR count). The first-order valence-electron chi connectivity index (χ1n) is 8.14. The van der Waals surface area contributed by atoms with E-state index in [0.29, 0.717) is 15.0 Å². The molecule has 1 amide bonds. The first-order valence-corrected chi connectivity index (χ1v) is 10.2. The van der Waals surface area contributed by atoms with Gasteiger partial charge in [-0.05, 0) is 30.7 Å². The molecule has 2 aromatic heterocycles. The maximum Gasteiger partial charge on any atom is 0.305 e. The van der Waals surface area contributed by atoms with Crippen LogP contribution >= 0.6 is 35.3 Å². The van der Waals surface area contributed by atoms with Gasteiger partial charge in [0.2, 0.25) is 0 Å². The molecular weight excluding hydrogens is 390 g/mol. The normalized spacial score (nSPS) is 16.0. The number of carbonyl (C=O) groups is 2. The number of aryl methyl sites for hydroxylation is 1. The second-order valence-electron chi connectivity index (χ2n) is 5.70. The van der Waals surface area contributed by atoms with Crippen LogP contribution in [0.5, 0.6) is 0 Å². The molecule has 2 aromatic rings. The van der Waals surface area contributed by atoms with E-state index in [2.05, 4.69) is 13.0 Å². The van der Waals surface area contributed by atoms with Crippen molar-refractivity contribution in [2.24, 2.45) is 0 Å². The van der Waals surface area contributed by atoms with Crippen LogP contribution in [0.1, 0.15) is 30.4 Å². The summed E-state index contributed by atoms with van der Waals surface area (Å²) in [7, 11) is 0. The summed E-state index contributed by atoms with van der Waals surface area (Å²) in [5, 5.41) is 8.78. The number of nitrogens with zero attached hydrogens (tertiary/aromatic N) is 1. The highest BCUT2D eigenvalue weighted by molar-refractivity contribution is 8.26. The molecule has 1 aliphatic heterocycles. The van der Waals surface area contributed by atoms with Crippen molar-refractivity contribution in [1.82, 2.24) is 4.90 Å². The first kappa shape index (κ1) is 18.9. The molecule has 1 aliphatic rings. The number of carboxylic acid groups (broad SMARTS) is 1. The van der Waals surface area contributed by atoms with Gasteiger partial charge in [0.1, 0.15) is 15.8 Å². The summed E-state index contributed by atoms with van der Waals surface area (Å²) in [6.45, 7) is 2.23. The van der Waals surface area contributed by atoms with Gasteiger partial charge in [0.25, 0.3) is 5.91 Å². The van der Waals surface area contributed by atoms with Gasteiger partial charge in [-0.15, -0.1) is 11.3 Å². The molecule has 26 heavy (non-hydrogen) atoms. The van der Waals surface area contributed by atoms with Crippen molar-refractivity contribution in [3.05, 3.63) is 39.8 Å². The average Bonchev–Trinajstić information content (AvgIpc) is 3.28. The monoisotopic (exact) mass is 407 g/mol. The van der Waals surface area contributed by atoms with E-state index >= 15 is 0 Å². The molecule has 136 valence electrons.